The smallest absolute Gasteiger partial charge is 0.335 e. The summed E-state index contributed by atoms with van der Waals surface area (Å²) in [6, 6.07) is 3.18. The average Bonchev–Trinajstić information content (AvgIpc) is 2.35. The third-order valence-electron chi connectivity index (χ3n) is 2.34. The highest BCUT2D eigenvalue weighted by Gasteiger charge is 2.21. The van der Waals surface area contributed by atoms with Crippen LogP contribution in [-0.2, 0) is 14.8 Å². The van der Waals surface area contributed by atoms with Crippen molar-refractivity contribution >= 4 is 33.5 Å². The fourth-order valence-electron chi connectivity index (χ4n) is 1.45. The fourth-order valence-corrected chi connectivity index (χ4v) is 2.96. The zero-order chi connectivity index (χ0) is 16.2. The van der Waals surface area contributed by atoms with E-state index < -0.39 is 28.4 Å². The second kappa shape index (κ2) is 6.88. The van der Waals surface area contributed by atoms with Gasteiger partial charge in [-0.3, -0.25) is 4.79 Å². The van der Waals surface area contributed by atoms with Gasteiger partial charge in [0.2, 0.25) is 15.9 Å². The molecule has 1 aromatic carbocycles. The lowest BCUT2D eigenvalue weighted by atomic mass is 10.2. The molecule has 0 bridgehead atoms. The van der Waals surface area contributed by atoms with Crippen LogP contribution in [0.2, 0.25) is 5.02 Å². The van der Waals surface area contributed by atoms with E-state index in [2.05, 4.69) is 10.0 Å². The van der Waals surface area contributed by atoms with Gasteiger partial charge in [-0.1, -0.05) is 11.6 Å². The summed E-state index contributed by atoms with van der Waals surface area (Å²) in [6.07, 6.45) is 0. The lowest BCUT2D eigenvalue weighted by Crippen LogP contribution is -2.39. The Kier molecular flexibility index (Phi) is 5.70. The molecular formula is C12H15ClN2O5S. The standard InChI is InChI=1S/C12H15ClN2O5S/c1-7(2)15-11(16)6-14-21(19,20)10-5-8(12(17)18)3-4-9(10)13/h3-5,7,14H,6H2,1-2H3,(H,15,16)(H,17,18). The molecule has 1 aromatic rings. The van der Waals surface area contributed by atoms with Crippen LogP contribution in [0.1, 0.15) is 24.2 Å². The number of carbonyl (C=O) groups is 2. The number of nitrogens with one attached hydrogen (secondary N) is 2. The lowest BCUT2D eigenvalue weighted by Gasteiger charge is -2.11. The van der Waals surface area contributed by atoms with Crippen LogP contribution >= 0.6 is 11.6 Å². The van der Waals surface area contributed by atoms with Gasteiger partial charge in [-0.05, 0) is 32.0 Å². The van der Waals surface area contributed by atoms with Crippen molar-refractivity contribution in [3.8, 4) is 0 Å². The number of aromatic carboxylic acids is 1. The van der Waals surface area contributed by atoms with E-state index in [0.29, 0.717) is 0 Å². The number of carboxylic acids is 1. The Hall–Kier alpha value is -1.64. The maximum absolute atomic E-state index is 12.0. The summed E-state index contributed by atoms with van der Waals surface area (Å²) in [5, 5.41) is 11.3. The Morgan fingerprint density at radius 2 is 1.95 bits per heavy atom. The molecule has 7 nitrogen and oxygen atoms in total. The van der Waals surface area contributed by atoms with Gasteiger partial charge in [-0.15, -0.1) is 0 Å². The number of sulfonamides is 1. The topological polar surface area (TPSA) is 113 Å². The SMILES string of the molecule is CC(C)NC(=O)CNS(=O)(=O)c1cc(C(=O)O)ccc1Cl. The van der Waals surface area contributed by atoms with Crippen LogP contribution in [0.15, 0.2) is 23.1 Å². The molecule has 9 heteroatoms. The molecule has 0 fully saturated rings. The van der Waals surface area contributed by atoms with Gasteiger partial charge < -0.3 is 10.4 Å². The molecule has 0 saturated heterocycles. The van der Waals surface area contributed by atoms with Crippen molar-refractivity contribution in [1.29, 1.82) is 0 Å². The fraction of sp³-hybridized carbons (Fsp3) is 0.333. The van der Waals surface area contributed by atoms with Gasteiger partial charge in [0, 0.05) is 6.04 Å². The zero-order valence-electron chi connectivity index (χ0n) is 11.4. The van der Waals surface area contributed by atoms with E-state index in [1.54, 1.807) is 13.8 Å². The average molecular weight is 335 g/mol. The normalized spacial score (nSPS) is 11.4. The first-order valence-electron chi connectivity index (χ1n) is 5.95. The van der Waals surface area contributed by atoms with Crippen molar-refractivity contribution in [1.82, 2.24) is 10.0 Å². The van der Waals surface area contributed by atoms with E-state index >= 15 is 0 Å². The molecule has 0 unspecified atom stereocenters. The number of hydrogen-bond acceptors (Lipinski definition) is 4. The first kappa shape index (κ1) is 17.4. The Labute approximate surface area is 127 Å². The molecular weight excluding hydrogens is 320 g/mol. The minimum absolute atomic E-state index is 0.124. The maximum Gasteiger partial charge on any atom is 0.335 e. The van der Waals surface area contributed by atoms with Crippen LogP contribution < -0.4 is 10.0 Å². The molecule has 1 rings (SSSR count). The highest BCUT2D eigenvalue weighted by Crippen LogP contribution is 2.22. The van der Waals surface area contributed by atoms with Crippen LogP contribution in [0.4, 0.5) is 0 Å². The number of halogens is 1. The summed E-state index contributed by atoms with van der Waals surface area (Å²) in [5.74, 6) is -1.78. The van der Waals surface area contributed by atoms with Crippen molar-refractivity contribution in [2.24, 2.45) is 0 Å². The maximum atomic E-state index is 12.0. The number of carboxylic acid groups (broad SMARTS) is 1. The van der Waals surface area contributed by atoms with Gasteiger partial charge in [-0.25, -0.2) is 17.9 Å². The number of carbonyl (C=O) groups excluding carboxylic acids is 1. The highest BCUT2D eigenvalue weighted by atomic mass is 35.5. The van der Waals surface area contributed by atoms with Crippen molar-refractivity contribution in [2.75, 3.05) is 6.54 Å². The zero-order valence-corrected chi connectivity index (χ0v) is 13.0. The second-order valence-corrected chi connectivity index (χ2v) is 6.64. The Balaban J connectivity index is 2.95. The van der Waals surface area contributed by atoms with E-state index in [1.165, 1.54) is 12.1 Å². The van der Waals surface area contributed by atoms with E-state index in [4.69, 9.17) is 16.7 Å². The van der Waals surface area contributed by atoms with Crippen LogP contribution in [-0.4, -0.2) is 38.0 Å². The molecule has 0 heterocycles. The van der Waals surface area contributed by atoms with Crippen LogP contribution in [0.25, 0.3) is 0 Å². The van der Waals surface area contributed by atoms with Gasteiger partial charge in [0.1, 0.15) is 4.90 Å². The molecule has 0 aliphatic rings. The van der Waals surface area contributed by atoms with Crippen LogP contribution in [0.5, 0.6) is 0 Å². The van der Waals surface area contributed by atoms with Crippen molar-refractivity contribution in [3.63, 3.8) is 0 Å². The Morgan fingerprint density at radius 1 is 1.33 bits per heavy atom. The first-order valence-corrected chi connectivity index (χ1v) is 7.81. The molecule has 0 aliphatic heterocycles. The van der Waals surface area contributed by atoms with Crippen molar-refractivity contribution < 1.29 is 23.1 Å². The third-order valence-corrected chi connectivity index (χ3v) is 4.22. The number of rotatable bonds is 6. The van der Waals surface area contributed by atoms with E-state index in [-0.39, 0.29) is 21.5 Å². The van der Waals surface area contributed by atoms with Crippen molar-refractivity contribution in [2.45, 2.75) is 24.8 Å². The second-order valence-electron chi connectivity index (χ2n) is 4.50. The molecule has 0 atom stereocenters. The molecule has 0 spiro atoms. The monoisotopic (exact) mass is 334 g/mol. The molecule has 0 saturated carbocycles. The summed E-state index contributed by atoms with van der Waals surface area (Å²) in [5.41, 5.74) is -0.216. The largest absolute Gasteiger partial charge is 0.478 e. The van der Waals surface area contributed by atoms with Crippen molar-refractivity contribution in [3.05, 3.63) is 28.8 Å². The lowest BCUT2D eigenvalue weighted by molar-refractivity contribution is -0.120. The molecule has 1 amide bonds. The summed E-state index contributed by atoms with van der Waals surface area (Å²) >= 11 is 5.77. The van der Waals surface area contributed by atoms with Gasteiger partial charge in [-0.2, -0.15) is 0 Å². The van der Waals surface area contributed by atoms with Crippen LogP contribution in [0.3, 0.4) is 0 Å². The van der Waals surface area contributed by atoms with Gasteiger partial charge in [0.25, 0.3) is 0 Å². The minimum atomic E-state index is -4.08. The molecule has 0 aliphatic carbocycles. The van der Waals surface area contributed by atoms with E-state index in [9.17, 15) is 18.0 Å². The summed E-state index contributed by atoms with van der Waals surface area (Å²) < 4.78 is 26.2. The molecule has 3 N–H and O–H groups in total. The number of benzene rings is 1. The molecule has 21 heavy (non-hydrogen) atoms. The highest BCUT2D eigenvalue weighted by molar-refractivity contribution is 7.89. The van der Waals surface area contributed by atoms with Gasteiger partial charge >= 0.3 is 5.97 Å². The summed E-state index contributed by atoms with van der Waals surface area (Å²) in [7, 11) is -4.08. The summed E-state index contributed by atoms with van der Waals surface area (Å²) in [6.45, 7) is 3.01. The quantitative estimate of drug-likeness (QED) is 0.713. The van der Waals surface area contributed by atoms with E-state index in [0.717, 1.165) is 6.07 Å². The van der Waals surface area contributed by atoms with Gasteiger partial charge in [0.05, 0.1) is 17.1 Å². The number of hydrogen-bond donors (Lipinski definition) is 3. The van der Waals surface area contributed by atoms with E-state index in [1.807, 2.05) is 0 Å². The Morgan fingerprint density at radius 3 is 2.48 bits per heavy atom. The predicted octanol–water partition coefficient (Wildman–Crippen LogP) is 0.841. The number of amides is 1. The van der Waals surface area contributed by atoms with Crippen LogP contribution in [0, 0.1) is 0 Å². The Bertz CT molecular complexity index is 658. The minimum Gasteiger partial charge on any atom is -0.478 e. The molecule has 0 aromatic heterocycles. The molecule has 116 valence electrons. The predicted molar refractivity (Wildman–Crippen MR) is 76.9 cm³/mol. The summed E-state index contributed by atoms with van der Waals surface area (Å²) in [4.78, 5) is 21.9. The first-order chi connectivity index (χ1) is 9.63. The molecule has 0 radical (unpaired) electrons. The van der Waals surface area contributed by atoms with Gasteiger partial charge in [0.15, 0.2) is 0 Å². The third kappa shape index (κ3) is 5.00.